The first-order valence-electron chi connectivity index (χ1n) is 7.19. The van der Waals surface area contributed by atoms with Crippen molar-refractivity contribution in [3.63, 3.8) is 0 Å². The van der Waals surface area contributed by atoms with Crippen LogP contribution in [-0.4, -0.2) is 19.1 Å². The molecule has 0 spiro atoms. The van der Waals surface area contributed by atoms with E-state index in [4.69, 9.17) is 16.3 Å². The first-order chi connectivity index (χ1) is 11.0. The highest BCUT2D eigenvalue weighted by Crippen LogP contribution is 2.16. The molecule has 0 fully saturated rings. The summed E-state index contributed by atoms with van der Waals surface area (Å²) in [7, 11) is 0. The molecule has 2 aromatic carbocycles. The van der Waals surface area contributed by atoms with Crippen molar-refractivity contribution in [2.24, 2.45) is 0 Å². The Bertz CT molecular complexity index is 666. The second-order valence-electron chi connectivity index (χ2n) is 5.18. The molecule has 0 heterocycles. The van der Waals surface area contributed by atoms with Crippen molar-refractivity contribution in [3.05, 3.63) is 65.7 Å². The maximum Gasteiger partial charge on any atom is 0.243 e. The second-order valence-corrected chi connectivity index (χ2v) is 5.62. The zero-order valence-corrected chi connectivity index (χ0v) is 13.7. The molecule has 0 saturated heterocycles. The number of hydrogen-bond acceptors (Lipinski definition) is 3. The molecule has 1 amide bonds. The molecule has 0 unspecified atom stereocenters. The van der Waals surface area contributed by atoms with Crippen molar-refractivity contribution < 1.29 is 9.53 Å². The fourth-order valence-corrected chi connectivity index (χ4v) is 1.92. The lowest BCUT2D eigenvalue weighted by Gasteiger charge is -2.09. The Hall–Kier alpha value is -2.46. The van der Waals surface area contributed by atoms with E-state index in [2.05, 4.69) is 17.2 Å². The molecule has 4 nitrogen and oxygen atoms in total. The van der Waals surface area contributed by atoms with E-state index in [0.717, 1.165) is 22.7 Å². The molecule has 0 aromatic heterocycles. The van der Waals surface area contributed by atoms with Crippen LogP contribution in [0.2, 0.25) is 5.02 Å². The van der Waals surface area contributed by atoms with E-state index >= 15 is 0 Å². The first-order valence-corrected chi connectivity index (χ1v) is 7.57. The van der Waals surface area contributed by atoms with Gasteiger partial charge in [0, 0.05) is 16.4 Å². The number of nitrogens with one attached hydrogen (secondary N) is 2. The van der Waals surface area contributed by atoms with Crippen LogP contribution in [0.15, 0.2) is 60.7 Å². The molecule has 0 atom stereocenters. The summed E-state index contributed by atoms with van der Waals surface area (Å²) in [4.78, 5) is 11.9. The van der Waals surface area contributed by atoms with Crippen molar-refractivity contribution in [2.75, 3.05) is 23.8 Å². The molecule has 120 valence electrons. The molecular weight excluding hydrogens is 312 g/mol. The number of amides is 1. The highest BCUT2D eigenvalue weighted by atomic mass is 35.5. The largest absolute Gasteiger partial charge is 0.489 e. The molecule has 0 bridgehead atoms. The molecule has 23 heavy (non-hydrogen) atoms. The third-order valence-corrected chi connectivity index (χ3v) is 3.17. The summed E-state index contributed by atoms with van der Waals surface area (Å²) in [5.41, 5.74) is 2.51. The van der Waals surface area contributed by atoms with Crippen LogP contribution >= 0.6 is 11.6 Å². The fraction of sp³-hybridized carbons (Fsp3) is 0.167. The number of anilines is 2. The molecule has 2 rings (SSSR count). The minimum Gasteiger partial charge on any atom is -0.489 e. The monoisotopic (exact) mass is 330 g/mol. The summed E-state index contributed by atoms with van der Waals surface area (Å²) in [6, 6.07) is 14.4. The standard InChI is InChI=1S/C18H19ClN2O2/c1-13(2)12-23-17-9-7-16(8-10-17)21-18(22)11-20-15-5-3-14(19)4-6-15/h3-10,20H,1,11-12H2,2H3,(H,21,22). The van der Waals surface area contributed by atoms with E-state index in [1.807, 2.05) is 31.2 Å². The molecule has 0 aliphatic heterocycles. The minimum atomic E-state index is -0.129. The van der Waals surface area contributed by atoms with Gasteiger partial charge in [-0.15, -0.1) is 0 Å². The lowest BCUT2D eigenvalue weighted by molar-refractivity contribution is -0.114. The van der Waals surface area contributed by atoms with Crippen molar-refractivity contribution in [1.29, 1.82) is 0 Å². The second kappa shape index (κ2) is 8.25. The van der Waals surface area contributed by atoms with Gasteiger partial charge in [-0.25, -0.2) is 0 Å². The summed E-state index contributed by atoms with van der Waals surface area (Å²) in [5.74, 6) is 0.612. The number of hydrogen-bond donors (Lipinski definition) is 2. The van der Waals surface area contributed by atoms with Gasteiger partial charge in [0.05, 0.1) is 6.54 Å². The maximum atomic E-state index is 11.9. The van der Waals surface area contributed by atoms with Crippen LogP contribution < -0.4 is 15.4 Å². The van der Waals surface area contributed by atoms with Crippen LogP contribution in [0.5, 0.6) is 5.75 Å². The van der Waals surface area contributed by atoms with Gasteiger partial charge in [0.15, 0.2) is 0 Å². The Morgan fingerprint density at radius 1 is 1.09 bits per heavy atom. The van der Waals surface area contributed by atoms with Gasteiger partial charge in [-0.3, -0.25) is 4.79 Å². The van der Waals surface area contributed by atoms with Crippen LogP contribution in [0.1, 0.15) is 6.92 Å². The van der Waals surface area contributed by atoms with Gasteiger partial charge in [0.2, 0.25) is 5.91 Å². The van der Waals surface area contributed by atoms with Crippen molar-refractivity contribution >= 4 is 28.9 Å². The van der Waals surface area contributed by atoms with Gasteiger partial charge in [0.1, 0.15) is 12.4 Å². The SMILES string of the molecule is C=C(C)COc1ccc(NC(=O)CNc2ccc(Cl)cc2)cc1. The van der Waals surface area contributed by atoms with E-state index in [-0.39, 0.29) is 12.5 Å². The van der Waals surface area contributed by atoms with Gasteiger partial charge >= 0.3 is 0 Å². The van der Waals surface area contributed by atoms with Gasteiger partial charge in [0.25, 0.3) is 0 Å². The highest BCUT2D eigenvalue weighted by molar-refractivity contribution is 6.30. The summed E-state index contributed by atoms with van der Waals surface area (Å²) in [6.45, 7) is 6.35. The predicted octanol–water partition coefficient (Wildman–Crippen LogP) is 4.35. The van der Waals surface area contributed by atoms with E-state index in [1.165, 1.54) is 0 Å². The zero-order valence-electron chi connectivity index (χ0n) is 12.9. The average Bonchev–Trinajstić information content (AvgIpc) is 2.53. The smallest absolute Gasteiger partial charge is 0.243 e. The van der Waals surface area contributed by atoms with Gasteiger partial charge in [-0.1, -0.05) is 18.2 Å². The third kappa shape index (κ3) is 6.04. The van der Waals surface area contributed by atoms with Crippen molar-refractivity contribution in [1.82, 2.24) is 0 Å². The van der Waals surface area contributed by atoms with Crippen LogP contribution in [0.25, 0.3) is 0 Å². The van der Waals surface area contributed by atoms with E-state index < -0.39 is 0 Å². The normalized spacial score (nSPS) is 10.0. The Morgan fingerprint density at radius 3 is 2.30 bits per heavy atom. The summed E-state index contributed by atoms with van der Waals surface area (Å²) in [6.07, 6.45) is 0. The third-order valence-electron chi connectivity index (χ3n) is 2.92. The number of ether oxygens (including phenoxy) is 1. The molecule has 0 aliphatic carbocycles. The molecule has 0 aliphatic rings. The number of rotatable bonds is 7. The molecule has 5 heteroatoms. The topological polar surface area (TPSA) is 50.4 Å². The summed E-state index contributed by atoms with van der Waals surface area (Å²) in [5, 5.41) is 6.51. The minimum absolute atomic E-state index is 0.129. The number of carbonyl (C=O) groups excluding carboxylic acids is 1. The molecule has 0 saturated carbocycles. The number of halogens is 1. The zero-order chi connectivity index (χ0) is 16.7. The van der Waals surface area contributed by atoms with Gasteiger partial charge in [-0.05, 0) is 61.0 Å². The Kier molecular flexibility index (Phi) is 6.06. The first kappa shape index (κ1) is 16.9. The number of benzene rings is 2. The summed E-state index contributed by atoms with van der Waals surface area (Å²) >= 11 is 5.81. The molecular formula is C18H19ClN2O2. The predicted molar refractivity (Wildman–Crippen MR) is 95.3 cm³/mol. The van der Waals surface area contributed by atoms with E-state index in [0.29, 0.717) is 11.6 Å². The Balaban J connectivity index is 1.80. The molecule has 0 radical (unpaired) electrons. The van der Waals surface area contributed by atoms with Crippen LogP contribution in [-0.2, 0) is 4.79 Å². The molecule has 2 aromatic rings. The maximum absolute atomic E-state index is 11.9. The van der Waals surface area contributed by atoms with E-state index in [1.54, 1.807) is 24.3 Å². The quantitative estimate of drug-likeness (QED) is 0.742. The van der Waals surface area contributed by atoms with Crippen LogP contribution in [0.4, 0.5) is 11.4 Å². The average molecular weight is 331 g/mol. The lowest BCUT2D eigenvalue weighted by atomic mass is 10.3. The fourth-order valence-electron chi connectivity index (χ4n) is 1.80. The van der Waals surface area contributed by atoms with Crippen LogP contribution in [0.3, 0.4) is 0 Å². The Morgan fingerprint density at radius 2 is 1.70 bits per heavy atom. The molecule has 2 N–H and O–H groups in total. The van der Waals surface area contributed by atoms with E-state index in [9.17, 15) is 4.79 Å². The number of carbonyl (C=O) groups is 1. The summed E-state index contributed by atoms with van der Waals surface area (Å²) < 4.78 is 5.51. The van der Waals surface area contributed by atoms with Crippen molar-refractivity contribution in [3.8, 4) is 5.75 Å². The van der Waals surface area contributed by atoms with Gasteiger partial charge in [-0.2, -0.15) is 0 Å². The lowest BCUT2D eigenvalue weighted by Crippen LogP contribution is -2.21. The highest BCUT2D eigenvalue weighted by Gasteiger charge is 2.03. The Labute approximate surface area is 141 Å². The van der Waals surface area contributed by atoms with Crippen molar-refractivity contribution in [2.45, 2.75) is 6.92 Å². The van der Waals surface area contributed by atoms with Crippen LogP contribution in [0, 0.1) is 0 Å². The van der Waals surface area contributed by atoms with Gasteiger partial charge < -0.3 is 15.4 Å².